The smallest absolute Gasteiger partial charge is 0.126 e. The number of imidazole rings is 1. The van der Waals surface area contributed by atoms with E-state index in [0.717, 1.165) is 13.0 Å². The van der Waals surface area contributed by atoms with Gasteiger partial charge in [-0.05, 0) is 49.7 Å². The molecule has 0 saturated carbocycles. The zero-order chi connectivity index (χ0) is 13.9. The summed E-state index contributed by atoms with van der Waals surface area (Å²) in [4.78, 5) is 6.22. The molecule has 2 atom stereocenters. The molecule has 0 saturated heterocycles. The first kappa shape index (κ1) is 13.8. The zero-order valence-electron chi connectivity index (χ0n) is 12.3. The minimum Gasteiger partial charge on any atom is -0.334 e. The third kappa shape index (κ3) is 2.42. The van der Waals surface area contributed by atoms with Crippen molar-refractivity contribution < 1.29 is 0 Å². The molecule has 0 aliphatic heterocycles. The van der Waals surface area contributed by atoms with Crippen molar-refractivity contribution in [3.05, 3.63) is 40.1 Å². The van der Waals surface area contributed by atoms with E-state index >= 15 is 0 Å². The van der Waals surface area contributed by atoms with Gasteiger partial charge in [0.2, 0.25) is 0 Å². The summed E-state index contributed by atoms with van der Waals surface area (Å²) in [5.74, 6) is 1.76. The van der Waals surface area contributed by atoms with Crippen LogP contribution in [0.1, 0.15) is 54.4 Å². The number of rotatable bonds is 5. The van der Waals surface area contributed by atoms with Crippen molar-refractivity contribution in [2.75, 3.05) is 7.05 Å². The Bertz CT molecular complexity index is 558. The van der Waals surface area contributed by atoms with Crippen molar-refractivity contribution in [3.8, 4) is 0 Å². The average Bonchev–Trinajstić information content (AvgIpc) is 3.10. The molecule has 1 aliphatic carbocycles. The van der Waals surface area contributed by atoms with Crippen molar-refractivity contribution in [1.82, 2.24) is 14.9 Å². The molecular formula is C16H23N3S. The van der Waals surface area contributed by atoms with Gasteiger partial charge in [-0.15, -0.1) is 11.3 Å². The number of hydrogen-bond acceptors (Lipinski definition) is 3. The van der Waals surface area contributed by atoms with Gasteiger partial charge < -0.3 is 9.88 Å². The molecule has 0 radical (unpaired) electrons. The van der Waals surface area contributed by atoms with Crippen LogP contribution in [0.25, 0.3) is 0 Å². The van der Waals surface area contributed by atoms with Crippen molar-refractivity contribution in [2.45, 2.75) is 51.1 Å². The molecule has 3 nitrogen and oxygen atoms in total. The Morgan fingerprint density at radius 1 is 1.55 bits per heavy atom. The maximum Gasteiger partial charge on any atom is 0.126 e. The van der Waals surface area contributed by atoms with E-state index in [1.807, 2.05) is 17.5 Å². The lowest BCUT2D eigenvalue weighted by Gasteiger charge is -2.30. The lowest BCUT2D eigenvalue weighted by molar-refractivity contribution is 0.397. The summed E-state index contributed by atoms with van der Waals surface area (Å²) in [6.07, 6.45) is 9.00. The molecule has 2 aromatic heterocycles. The summed E-state index contributed by atoms with van der Waals surface area (Å²) < 4.78 is 2.31. The number of aryl methyl sites for hydroxylation is 2. The molecule has 3 rings (SSSR count). The fraction of sp³-hybridized carbons (Fsp3) is 0.562. The third-order valence-corrected chi connectivity index (χ3v) is 5.30. The average molecular weight is 289 g/mol. The Balaban J connectivity index is 1.93. The first-order valence-electron chi connectivity index (χ1n) is 7.59. The molecule has 1 N–H and O–H groups in total. The first-order chi connectivity index (χ1) is 9.85. The maximum absolute atomic E-state index is 4.64. The van der Waals surface area contributed by atoms with Crippen LogP contribution in [0.15, 0.2) is 23.8 Å². The van der Waals surface area contributed by atoms with Gasteiger partial charge in [0.15, 0.2) is 0 Å². The molecule has 0 bridgehead atoms. The molecule has 0 spiro atoms. The first-order valence-corrected chi connectivity index (χ1v) is 8.47. The highest BCUT2D eigenvalue weighted by molar-refractivity contribution is 7.10. The minimum absolute atomic E-state index is 0.324. The number of nitrogens with one attached hydrogen (secondary N) is 1. The van der Waals surface area contributed by atoms with Crippen LogP contribution in [0.2, 0.25) is 0 Å². The molecular weight excluding hydrogens is 266 g/mol. The van der Waals surface area contributed by atoms with E-state index in [1.54, 1.807) is 10.4 Å². The molecule has 2 unspecified atom stereocenters. The number of fused-ring (bicyclic) bond motifs is 1. The number of likely N-dealkylation sites (N-methyl/N-ethyl adjacent to an activating group) is 1. The molecule has 4 heteroatoms. The molecule has 2 aromatic rings. The molecule has 0 amide bonds. The topological polar surface area (TPSA) is 29.9 Å². The normalized spacial score (nSPS) is 19.8. The summed E-state index contributed by atoms with van der Waals surface area (Å²) in [6.45, 7) is 3.27. The summed E-state index contributed by atoms with van der Waals surface area (Å²) in [5, 5.41) is 5.77. The van der Waals surface area contributed by atoms with Crippen LogP contribution in [-0.2, 0) is 13.0 Å². The molecule has 108 valence electrons. The van der Waals surface area contributed by atoms with E-state index in [-0.39, 0.29) is 0 Å². The van der Waals surface area contributed by atoms with Crippen LogP contribution in [0.3, 0.4) is 0 Å². The van der Waals surface area contributed by atoms with E-state index in [1.165, 1.54) is 25.1 Å². The second-order valence-corrected chi connectivity index (χ2v) is 6.54. The minimum atomic E-state index is 0.324. The van der Waals surface area contributed by atoms with E-state index in [0.29, 0.717) is 12.0 Å². The van der Waals surface area contributed by atoms with Gasteiger partial charge in [-0.3, -0.25) is 0 Å². The van der Waals surface area contributed by atoms with Crippen LogP contribution in [0, 0.1) is 0 Å². The lowest BCUT2D eigenvalue weighted by Crippen LogP contribution is -2.28. The van der Waals surface area contributed by atoms with Crippen molar-refractivity contribution in [1.29, 1.82) is 0 Å². The fourth-order valence-corrected chi connectivity index (χ4v) is 4.40. The highest BCUT2D eigenvalue weighted by atomic mass is 32.1. The Morgan fingerprint density at radius 2 is 2.45 bits per heavy atom. The highest BCUT2D eigenvalue weighted by Gasteiger charge is 2.31. The van der Waals surface area contributed by atoms with Crippen LogP contribution < -0.4 is 5.32 Å². The van der Waals surface area contributed by atoms with Crippen molar-refractivity contribution in [3.63, 3.8) is 0 Å². The summed E-state index contributed by atoms with van der Waals surface area (Å²) in [6, 6.07) is 2.64. The Labute approximate surface area is 125 Å². The van der Waals surface area contributed by atoms with E-state index in [9.17, 15) is 0 Å². The molecule has 0 fully saturated rings. The Hall–Kier alpha value is -1.13. The van der Waals surface area contributed by atoms with Gasteiger partial charge in [0, 0.05) is 29.7 Å². The fourth-order valence-electron chi connectivity index (χ4n) is 3.41. The Kier molecular flexibility index (Phi) is 4.22. The number of nitrogens with zero attached hydrogens (tertiary/aromatic N) is 2. The number of hydrogen-bond donors (Lipinski definition) is 1. The monoisotopic (exact) mass is 289 g/mol. The van der Waals surface area contributed by atoms with Gasteiger partial charge in [-0.25, -0.2) is 4.98 Å². The van der Waals surface area contributed by atoms with Crippen LogP contribution in [0.5, 0.6) is 0 Å². The SMILES string of the molecule is CCCn1ccnc1C(NC)C1CCCc2sccc21. The van der Waals surface area contributed by atoms with Gasteiger partial charge in [-0.2, -0.15) is 0 Å². The van der Waals surface area contributed by atoms with Crippen molar-refractivity contribution >= 4 is 11.3 Å². The molecule has 1 aliphatic rings. The summed E-state index contributed by atoms with van der Waals surface area (Å²) in [5.41, 5.74) is 1.55. The Morgan fingerprint density at radius 3 is 3.25 bits per heavy atom. The van der Waals surface area contributed by atoms with Gasteiger partial charge in [0.05, 0.1) is 6.04 Å². The lowest BCUT2D eigenvalue weighted by atomic mass is 9.82. The second-order valence-electron chi connectivity index (χ2n) is 5.54. The van der Waals surface area contributed by atoms with Gasteiger partial charge in [-0.1, -0.05) is 6.92 Å². The largest absolute Gasteiger partial charge is 0.334 e. The third-order valence-electron chi connectivity index (χ3n) is 4.30. The number of aromatic nitrogens is 2. The maximum atomic E-state index is 4.64. The van der Waals surface area contributed by atoms with Crippen molar-refractivity contribution in [2.24, 2.45) is 0 Å². The predicted octanol–water partition coefficient (Wildman–Crippen LogP) is 3.74. The van der Waals surface area contributed by atoms with E-state index in [4.69, 9.17) is 0 Å². The summed E-state index contributed by atoms with van der Waals surface area (Å²) >= 11 is 1.91. The van der Waals surface area contributed by atoms with E-state index in [2.05, 4.69) is 46.5 Å². The van der Waals surface area contributed by atoms with Gasteiger partial charge in [0.1, 0.15) is 5.82 Å². The predicted molar refractivity (Wildman–Crippen MR) is 84.3 cm³/mol. The number of thiophene rings is 1. The molecule has 0 aromatic carbocycles. The summed E-state index contributed by atoms with van der Waals surface area (Å²) in [7, 11) is 2.07. The van der Waals surface area contributed by atoms with Gasteiger partial charge in [0.25, 0.3) is 0 Å². The highest BCUT2D eigenvalue weighted by Crippen LogP contribution is 2.41. The second kappa shape index (κ2) is 6.10. The standard InChI is InChI=1S/C16H23N3S/c1-3-9-19-10-8-18-16(19)15(17-2)13-5-4-6-14-12(13)7-11-20-14/h7-8,10-11,13,15,17H,3-6,9H2,1-2H3. The quantitative estimate of drug-likeness (QED) is 0.909. The molecule has 2 heterocycles. The zero-order valence-corrected chi connectivity index (χ0v) is 13.1. The van der Waals surface area contributed by atoms with E-state index < -0.39 is 0 Å². The van der Waals surface area contributed by atoms with Gasteiger partial charge >= 0.3 is 0 Å². The van der Waals surface area contributed by atoms with Crippen LogP contribution in [-0.4, -0.2) is 16.6 Å². The van der Waals surface area contributed by atoms with Crippen LogP contribution in [0.4, 0.5) is 0 Å². The van der Waals surface area contributed by atoms with Crippen LogP contribution >= 0.6 is 11.3 Å². The molecule has 20 heavy (non-hydrogen) atoms.